The first kappa shape index (κ1) is 16.8. The number of benzene rings is 2. The molecule has 0 spiro atoms. The topological polar surface area (TPSA) is 20.3 Å². The first-order valence-corrected chi connectivity index (χ1v) is 9.10. The summed E-state index contributed by atoms with van der Waals surface area (Å²) in [4.78, 5) is 15.3. The third-order valence-corrected chi connectivity index (χ3v) is 5.29. The predicted molar refractivity (Wildman–Crippen MR) is 99.0 cm³/mol. The number of hydrogen-bond donors (Lipinski definition) is 0. The average molecular weight is 321 g/mol. The standard InChI is InChI=1S/C22H27NO/c1-4-17(5-2)22(24)23-15-14-18-8-6-7-9-20(18)21(23)19-12-10-16(3)11-13-19/h6-13,17,21H,4-5,14-15H2,1-3H3/t21-/m0/s1. The van der Waals surface area contributed by atoms with Crippen LogP contribution in [0.2, 0.25) is 0 Å². The average Bonchev–Trinajstić information content (AvgIpc) is 2.62. The maximum Gasteiger partial charge on any atom is 0.226 e. The van der Waals surface area contributed by atoms with Crippen LogP contribution in [-0.4, -0.2) is 17.4 Å². The first-order chi connectivity index (χ1) is 11.7. The van der Waals surface area contributed by atoms with E-state index in [1.165, 1.54) is 22.3 Å². The highest BCUT2D eigenvalue weighted by molar-refractivity contribution is 5.80. The lowest BCUT2D eigenvalue weighted by molar-refractivity contribution is -0.137. The van der Waals surface area contributed by atoms with Crippen LogP contribution in [0.4, 0.5) is 0 Å². The summed E-state index contributed by atoms with van der Waals surface area (Å²) in [5.41, 5.74) is 5.12. The lowest BCUT2D eigenvalue weighted by Crippen LogP contribution is -2.43. The molecule has 1 amide bonds. The van der Waals surface area contributed by atoms with Gasteiger partial charge in [0.2, 0.25) is 5.91 Å². The second-order valence-electron chi connectivity index (χ2n) is 6.81. The molecule has 0 radical (unpaired) electrons. The number of carbonyl (C=O) groups excluding carboxylic acids is 1. The highest BCUT2D eigenvalue weighted by atomic mass is 16.2. The summed E-state index contributed by atoms with van der Waals surface area (Å²) in [6, 6.07) is 17.3. The molecule has 2 aromatic rings. The summed E-state index contributed by atoms with van der Waals surface area (Å²) in [5.74, 6) is 0.434. The van der Waals surface area contributed by atoms with Crippen molar-refractivity contribution in [1.29, 1.82) is 0 Å². The van der Waals surface area contributed by atoms with Gasteiger partial charge in [0.25, 0.3) is 0 Å². The maximum absolute atomic E-state index is 13.1. The maximum atomic E-state index is 13.1. The molecule has 1 heterocycles. The van der Waals surface area contributed by atoms with E-state index in [0.29, 0.717) is 5.91 Å². The van der Waals surface area contributed by atoms with E-state index in [1.54, 1.807) is 0 Å². The lowest BCUT2D eigenvalue weighted by atomic mass is 9.86. The minimum Gasteiger partial charge on any atom is -0.331 e. The number of hydrogen-bond acceptors (Lipinski definition) is 1. The molecule has 0 unspecified atom stereocenters. The van der Waals surface area contributed by atoms with Crippen LogP contribution in [0.15, 0.2) is 48.5 Å². The minimum absolute atomic E-state index is 0.0450. The van der Waals surface area contributed by atoms with E-state index < -0.39 is 0 Å². The molecule has 1 atom stereocenters. The van der Waals surface area contributed by atoms with Gasteiger partial charge in [-0.3, -0.25) is 4.79 Å². The molecule has 0 fully saturated rings. The number of aryl methyl sites for hydroxylation is 1. The molecular weight excluding hydrogens is 294 g/mol. The van der Waals surface area contributed by atoms with Crippen molar-refractivity contribution in [2.45, 2.75) is 46.1 Å². The van der Waals surface area contributed by atoms with Gasteiger partial charge in [-0.05, 0) is 42.9 Å². The number of amides is 1. The van der Waals surface area contributed by atoms with E-state index in [0.717, 1.165) is 25.8 Å². The highest BCUT2D eigenvalue weighted by Crippen LogP contribution is 2.36. The van der Waals surface area contributed by atoms with E-state index >= 15 is 0 Å². The van der Waals surface area contributed by atoms with Crippen molar-refractivity contribution in [2.75, 3.05) is 6.54 Å². The smallest absolute Gasteiger partial charge is 0.226 e. The second kappa shape index (κ2) is 7.21. The van der Waals surface area contributed by atoms with Crippen molar-refractivity contribution in [1.82, 2.24) is 4.90 Å². The van der Waals surface area contributed by atoms with Crippen molar-refractivity contribution < 1.29 is 4.79 Å². The summed E-state index contributed by atoms with van der Waals surface area (Å²) < 4.78 is 0. The van der Waals surface area contributed by atoms with Crippen LogP contribution < -0.4 is 0 Å². The Balaban J connectivity index is 2.05. The van der Waals surface area contributed by atoms with Gasteiger partial charge in [-0.1, -0.05) is 67.9 Å². The third kappa shape index (κ3) is 3.10. The van der Waals surface area contributed by atoms with E-state index in [9.17, 15) is 4.79 Å². The fraction of sp³-hybridized carbons (Fsp3) is 0.409. The molecular formula is C22H27NO. The van der Waals surface area contributed by atoms with Gasteiger partial charge >= 0.3 is 0 Å². The van der Waals surface area contributed by atoms with Gasteiger partial charge in [0.05, 0.1) is 6.04 Å². The number of fused-ring (bicyclic) bond motifs is 1. The zero-order valence-electron chi connectivity index (χ0n) is 15.0. The Hall–Kier alpha value is -2.09. The molecule has 2 aromatic carbocycles. The molecule has 0 N–H and O–H groups in total. The Morgan fingerprint density at radius 1 is 1.08 bits per heavy atom. The van der Waals surface area contributed by atoms with Gasteiger partial charge in [-0.15, -0.1) is 0 Å². The van der Waals surface area contributed by atoms with Crippen LogP contribution in [0.5, 0.6) is 0 Å². The highest BCUT2D eigenvalue weighted by Gasteiger charge is 2.33. The van der Waals surface area contributed by atoms with Crippen molar-refractivity contribution in [3.05, 3.63) is 70.8 Å². The Morgan fingerprint density at radius 2 is 1.75 bits per heavy atom. The molecule has 1 aliphatic heterocycles. The summed E-state index contributed by atoms with van der Waals surface area (Å²) in [6.45, 7) is 7.15. The van der Waals surface area contributed by atoms with Crippen LogP contribution in [0.25, 0.3) is 0 Å². The van der Waals surface area contributed by atoms with Gasteiger partial charge in [0.1, 0.15) is 0 Å². The summed E-state index contributed by atoms with van der Waals surface area (Å²) >= 11 is 0. The van der Waals surface area contributed by atoms with Crippen molar-refractivity contribution in [3.63, 3.8) is 0 Å². The van der Waals surface area contributed by atoms with Crippen LogP contribution in [-0.2, 0) is 11.2 Å². The molecule has 2 heteroatoms. The van der Waals surface area contributed by atoms with Gasteiger partial charge in [-0.25, -0.2) is 0 Å². The SMILES string of the molecule is CCC(CC)C(=O)N1CCc2ccccc2[C@@H]1c1ccc(C)cc1. The number of rotatable bonds is 4. The largest absolute Gasteiger partial charge is 0.331 e. The van der Waals surface area contributed by atoms with Gasteiger partial charge in [0, 0.05) is 12.5 Å². The van der Waals surface area contributed by atoms with Gasteiger partial charge in [0.15, 0.2) is 0 Å². The fourth-order valence-electron chi connectivity index (χ4n) is 3.78. The monoisotopic (exact) mass is 321 g/mol. The number of carbonyl (C=O) groups is 1. The van der Waals surface area contributed by atoms with Crippen LogP contribution in [0, 0.1) is 12.8 Å². The summed E-state index contributed by atoms with van der Waals surface area (Å²) in [6.07, 6.45) is 2.77. The van der Waals surface area contributed by atoms with Crippen molar-refractivity contribution in [3.8, 4) is 0 Å². The van der Waals surface area contributed by atoms with E-state index in [-0.39, 0.29) is 12.0 Å². The Morgan fingerprint density at radius 3 is 2.42 bits per heavy atom. The first-order valence-electron chi connectivity index (χ1n) is 9.10. The zero-order valence-corrected chi connectivity index (χ0v) is 15.0. The lowest BCUT2D eigenvalue weighted by Gasteiger charge is -2.39. The molecule has 3 rings (SSSR count). The summed E-state index contributed by atoms with van der Waals surface area (Å²) in [7, 11) is 0. The van der Waals surface area contributed by atoms with E-state index in [1.807, 2.05) is 0 Å². The Bertz CT molecular complexity index is 700. The second-order valence-corrected chi connectivity index (χ2v) is 6.81. The fourth-order valence-corrected chi connectivity index (χ4v) is 3.78. The normalized spacial score (nSPS) is 17.0. The van der Waals surface area contributed by atoms with Gasteiger partial charge in [-0.2, -0.15) is 0 Å². The molecule has 1 aliphatic rings. The van der Waals surface area contributed by atoms with Gasteiger partial charge < -0.3 is 4.90 Å². The number of nitrogens with zero attached hydrogens (tertiary/aromatic N) is 1. The predicted octanol–water partition coefficient (Wildman–Crippen LogP) is 4.91. The zero-order chi connectivity index (χ0) is 17.1. The molecule has 24 heavy (non-hydrogen) atoms. The Labute approximate surface area is 145 Å². The van der Waals surface area contributed by atoms with Crippen molar-refractivity contribution >= 4 is 5.91 Å². The van der Waals surface area contributed by atoms with E-state index in [4.69, 9.17) is 0 Å². The van der Waals surface area contributed by atoms with Crippen molar-refractivity contribution in [2.24, 2.45) is 5.92 Å². The minimum atomic E-state index is 0.0450. The molecule has 2 nitrogen and oxygen atoms in total. The Kier molecular flexibility index (Phi) is 5.03. The van der Waals surface area contributed by atoms with E-state index in [2.05, 4.69) is 74.2 Å². The van der Waals surface area contributed by atoms with Crippen LogP contribution >= 0.6 is 0 Å². The summed E-state index contributed by atoms with van der Waals surface area (Å²) in [5, 5.41) is 0. The molecule has 0 aromatic heterocycles. The van der Waals surface area contributed by atoms with Crippen LogP contribution in [0.1, 0.15) is 55.0 Å². The molecule has 0 bridgehead atoms. The molecule has 126 valence electrons. The molecule has 0 saturated heterocycles. The molecule has 0 aliphatic carbocycles. The quantitative estimate of drug-likeness (QED) is 0.784. The van der Waals surface area contributed by atoms with Crippen LogP contribution in [0.3, 0.4) is 0 Å². The molecule has 0 saturated carbocycles. The third-order valence-electron chi connectivity index (χ3n) is 5.29.